The van der Waals surface area contributed by atoms with Gasteiger partial charge < -0.3 is 10.2 Å². The fraction of sp³-hybridized carbons (Fsp3) is 0.125. The Bertz CT molecular complexity index is 301. The monoisotopic (exact) mass is 184 g/mol. The molecule has 0 fully saturated rings. The van der Waals surface area contributed by atoms with Crippen molar-refractivity contribution in [3.63, 3.8) is 0 Å². The summed E-state index contributed by atoms with van der Waals surface area (Å²) in [7, 11) is 0. The van der Waals surface area contributed by atoms with Gasteiger partial charge in [0.15, 0.2) is 0 Å². The summed E-state index contributed by atoms with van der Waals surface area (Å²) in [6, 6.07) is 1.75. The molecule has 0 spiro atoms. The number of thiophene rings is 1. The van der Waals surface area contributed by atoms with Crippen LogP contribution in [0.2, 0.25) is 0 Å². The quantitative estimate of drug-likeness (QED) is 0.697. The summed E-state index contributed by atoms with van der Waals surface area (Å²) < 4.78 is 0. The lowest BCUT2D eigenvalue weighted by Gasteiger charge is -1.82. The highest BCUT2D eigenvalue weighted by atomic mass is 32.1. The molecule has 0 atom stereocenters. The van der Waals surface area contributed by atoms with Crippen LogP contribution in [0.3, 0.4) is 0 Å². The number of aliphatic hydroxyl groups excluding tert-OH is 1. The Morgan fingerprint density at radius 2 is 2.42 bits per heavy atom. The maximum atomic E-state index is 10.1. The molecular weight excluding hydrogens is 176 g/mol. The van der Waals surface area contributed by atoms with Gasteiger partial charge in [0.1, 0.15) is 0 Å². The number of carboxylic acid groups (broad SMARTS) is 1. The molecule has 1 heterocycles. The first-order chi connectivity index (χ1) is 5.72. The summed E-state index contributed by atoms with van der Waals surface area (Å²) in [4.78, 5) is 10.9. The van der Waals surface area contributed by atoms with Gasteiger partial charge in [-0.2, -0.15) is 0 Å². The van der Waals surface area contributed by atoms with E-state index < -0.39 is 5.97 Å². The molecule has 0 aliphatic heterocycles. The molecule has 4 heteroatoms. The molecule has 2 N–H and O–H groups in total. The third-order valence-corrected chi connectivity index (χ3v) is 2.19. The Morgan fingerprint density at radius 3 is 2.92 bits per heavy atom. The molecule has 1 aromatic heterocycles. The van der Waals surface area contributed by atoms with Crippen LogP contribution in [0.1, 0.15) is 10.4 Å². The van der Waals surface area contributed by atoms with Gasteiger partial charge in [-0.1, -0.05) is 0 Å². The summed E-state index contributed by atoms with van der Waals surface area (Å²) >= 11 is 1.41. The van der Waals surface area contributed by atoms with E-state index >= 15 is 0 Å². The first kappa shape index (κ1) is 8.96. The van der Waals surface area contributed by atoms with Crippen LogP contribution in [0.4, 0.5) is 0 Å². The van der Waals surface area contributed by atoms with Crippen LogP contribution in [0.5, 0.6) is 0 Å². The number of carboxylic acids is 1. The molecule has 0 unspecified atom stereocenters. The molecule has 1 rings (SSSR count). The van der Waals surface area contributed by atoms with Crippen molar-refractivity contribution >= 4 is 23.4 Å². The third kappa shape index (κ3) is 2.48. The molecule has 1 aromatic rings. The summed E-state index contributed by atoms with van der Waals surface area (Å²) in [6.45, 7) is 0.00553. The van der Waals surface area contributed by atoms with Gasteiger partial charge in [0.25, 0.3) is 0 Å². The second kappa shape index (κ2) is 4.04. The van der Waals surface area contributed by atoms with Crippen molar-refractivity contribution in [1.29, 1.82) is 0 Å². The molecule has 0 radical (unpaired) electrons. The van der Waals surface area contributed by atoms with Gasteiger partial charge in [-0.05, 0) is 23.1 Å². The van der Waals surface area contributed by atoms with Crippen LogP contribution >= 0.6 is 11.3 Å². The number of carbonyl (C=O) groups is 1. The topological polar surface area (TPSA) is 57.5 Å². The summed E-state index contributed by atoms with van der Waals surface area (Å²) in [5, 5.41) is 18.8. The zero-order chi connectivity index (χ0) is 8.97. The maximum absolute atomic E-state index is 10.1. The van der Waals surface area contributed by atoms with E-state index in [1.807, 2.05) is 0 Å². The first-order valence-corrected chi connectivity index (χ1v) is 4.19. The van der Waals surface area contributed by atoms with Crippen molar-refractivity contribution in [3.8, 4) is 0 Å². The summed E-state index contributed by atoms with van der Waals surface area (Å²) in [5.41, 5.74) is 0.812. The zero-order valence-electron chi connectivity index (χ0n) is 6.23. The predicted molar refractivity (Wildman–Crippen MR) is 46.9 cm³/mol. The van der Waals surface area contributed by atoms with Crippen LogP contribution in [0.15, 0.2) is 17.5 Å². The number of aliphatic hydroxyl groups is 1. The molecule has 0 aromatic carbocycles. The summed E-state index contributed by atoms with van der Waals surface area (Å²) in [5.74, 6) is -0.966. The number of hydrogen-bond donors (Lipinski definition) is 2. The van der Waals surface area contributed by atoms with Crippen LogP contribution in [-0.4, -0.2) is 16.2 Å². The van der Waals surface area contributed by atoms with E-state index in [4.69, 9.17) is 10.2 Å². The van der Waals surface area contributed by atoms with Gasteiger partial charge in [-0.15, -0.1) is 11.3 Å². The Morgan fingerprint density at radius 1 is 1.67 bits per heavy atom. The van der Waals surface area contributed by atoms with Crippen LogP contribution < -0.4 is 0 Å². The highest BCUT2D eigenvalue weighted by Gasteiger charge is 1.95. The minimum atomic E-state index is -0.966. The van der Waals surface area contributed by atoms with Gasteiger partial charge in [0.05, 0.1) is 6.61 Å². The average Bonchev–Trinajstić information content (AvgIpc) is 2.48. The van der Waals surface area contributed by atoms with E-state index in [1.165, 1.54) is 17.4 Å². The molecular formula is C8H8O3S. The minimum absolute atomic E-state index is 0.00553. The van der Waals surface area contributed by atoms with Crippen molar-refractivity contribution in [2.75, 3.05) is 0 Å². The number of hydrogen-bond acceptors (Lipinski definition) is 3. The van der Waals surface area contributed by atoms with E-state index in [-0.39, 0.29) is 6.61 Å². The van der Waals surface area contributed by atoms with Gasteiger partial charge in [-0.3, -0.25) is 0 Å². The molecule has 0 saturated carbocycles. The van der Waals surface area contributed by atoms with Crippen LogP contribution in [0.25, 0.3) is 6.08 Å². The second-order valence-electron chi connectivity index (χ2n) is 2.18. The van der Waals surface area contributed by atoms with E-state index in [0.29, 0.717) is 0 Å². The van der Waals surface area contributed by atoms with E-state index in [0.717, 1.165) is 16.5 Å². The molecule has 0 aliphatic carbocycles. The van der Waals surface area contributed by atoms with E-state index in [1.54, 1.807) is 11.4 Å². The number of aliphatic carboxylic acids is 1. The molecule has 64 valence electrons. The molecule has 3 nitrogen and oxygen atoms in total. The summed E-state index contributed by atoms with van der Waals surface area (Å²) in [6.07, 6.45) is 2.57. The Hall–Kier alpha value is -1.13. The van der Waals surface area contributed by atoms with Gasteiger partial charge in [0.2, 0.25) is 0 Å². The fourth-order valence-corrected chi connectivity index (χ4v) is 1.45. The largest absolute Gasteiger partial charge is 0.478 e. The second-order valence-corrected chi connectivity index (χ2v) is 3.17. The Kier molecular flexibility index (Phi) is 3.01. The fourth-order valence-electron chi connectivity index (χ4n) is 0.735. The molecule has 0 bridgehead atoms. The Balaban J connectivity index is 2.70. The van der Waals surface area contributed by atoms with Crippen molar-refractivity contribution in [1.82, 2.24) is 0 Å². The first-order valence-electron chi connectivity index (χ1n) is 3.31. The smallest absolute Gasteiger partial charge is 0.328 e. The van der Waals surface area contributed by atoms with E-state index in [9.17, 15) is 4.79 Å². The van der Waals surface area contributed by atoms with Gasteiger partial charge in [0, 0.05) is 11.0 Å². The van der Waals surface area contributed by atoms with Crippen molar-refractivity contribution in [3.05, 3.63) is 28.0 Å². The van der Waals surface area contributed by atoms with Crippen LogP contribution in [-0.2, 0) is 11.4 Å². The predicted octanol–water partition coefficient (Wildman–Crippen LogP) is 1.34. The number of rotatable bonds is 3. The minimum Gasteiger partial charge on any atom is -0.478 e. The van der Waals surface area contributed by atoms with Crippen molar-refractivity contribution in [2.24, 2.45) is 0 Å². The SMILES string of the molecule is O=C(O)C=Cc1csc(CO)c1. The van der Waals surface area contributed by atoms with E-state index in [2.05, 4.69) is 0 Å². The highest BCUT2D eigenvalue weighted by molar-refractivity contribution is 7.10. The third-order valence-electron chi connectivity index (χ3n) is 1.25. The lowest BCUT2D eigenvalue weighted by atomic mass is 10.3. The zero-order valence-corrected chi connectivity index (χ0v) is 7.04. The van der Waals surface area contributed by atoms with Crippen molar-refractivity contribution in [2.45, 2.75) is 6.61 Å². The standard InChI is InChI=1S/C8H8O3S/c9-4-7-3-6(5-12-7)1-2-8(10)11/h1-3,5,9H,4H2,(H,10,11). The highest BCUT2D eigenvalue weighted by Crippen LogP contribution is 2.15. The molecule has 12 heavy (non-hydrogen) atoms. The average molecular weight is 184 g/mol. The lowest BCUT2D eigenvalue weighted by molar-refractivity contribution is -0.131. The molecule has 0 saturated heterocycles. The normalized spacial score (nSPS) is 10.8. The maximum Gasteiger partial charge on any atom is 0.328 e. The molecule has 0 aliphatic rings. The molecule has 0 amide bonds. The van der Waals surface area contributed by atoms with Crippen molar-refractivity contribution < 1.29 is 15.0 Å². The Labute approximate surface area is 73.6 Å². The van der Waals surface area contributed by atoms with Gasteiger partial charge in [-0.25, -0.2) is 4.79 Å². The lowest BCUT2D eigenvalue weighted by Crippen LogP contribution is -1.84. The van der Waals surface area contributed by atoms with Crippen LogP contribution in [0, 0.1) is 0 Å². The van der Waals surface area contributed by atoms with Gasteiger partial charge >= 0.3 is 5.97 Å².